The van der Waals surface area contributed by atoms with Gasteiger partial charge in [0.1, 0.15) is 5.71 Å². The molecule has 2 amide bonds. The number of nitrogens with zero attached hydrogens (tertiary/aromatic N) is 2. The molecule has 1 fully saturated rings. The summed E-state index contributed by atoms with van der Waals surface area (Å²) in [4.78, 5) is 25.3. The van der Waals surface area contributed by atoms with Crippen molar-refractivity contribution in [3.8, 4) is 0 Å². The third kappa shape index (κ3) is 2.54. The van der Waals surface area contributed by atoms with Gasteiger partial charge in [0, 0.05) is 25.4 Å². The molecule has 5 nitrogen and oxygen atoms in total. The van der Waals surface area contributed by atoms with E-state index in [1.165, 1.54) is 0 Å². The second-order valence-corrected chi connectivity index (χ2v) is 5.61. The van der Waals surface area contributed by atoms with Crippen LogP contribution in [0.3, 0.4) is 0 Å². The highest BCUT2D eigenvalue weighted by molar-refractivity contribution is 6.39. The molecule has 0 aromatic heterocycles. The van der Waals surface area contributed by atoms with Gasteiger partial charge in [0.05, 0.1) is 0 Å². The van der Waals surface area contributed by atoms with E-state index in [2.05, 4.69) is 31.3 Å². The van der Waals surface area contributed by atoms with Crippen molar-refractivity contribution in [2.75, 3.05) is 6.54 Å². The third-order valence-corrected chi connectivity index (χ3v) is 4.01. The summed E-state index contributed by atoms with van der Waals surface area (Å²) < 4.78 is 0. The van der Waals surface area contributed by atoms with E-state index in [4.69, 9.17) is 0 Å². The van der Waals surface area contributed by atoms with Gasteiger partial charge in [-0.2, -0.15) is 5.10 Å². The summed E-state index contributed by atoms with van der Waals surface area (Å²) in [5, 5.41) is 3.90. The van der Waals surface area contributed by atoms with E-state index in [-0.39, 0.29) is 17.9 Å². The van der Waals surface area contributed by atoms with Gasteiger partial charge >= 0.3 is 0 Å². The molecular weight excluding hydrogens is 230 g/mol. The molecule has 1 saturated heterocycles. The molecule has 0 saturated carbocycles. The molecule has 2 aliphatic heterocycles. The number of piperidine rings is 1. The second-order valence-electron chi connectivity index (χ2n) is 5.61. The van der Waals surface area contributed by atoms with Crippen molar-refractivity contribution in [1.29, 1.82) is 0 Å². The Morgan fingerprint density at radius 2 is 2.06 bits per heavy atom. The Morgan fingerprint density at radius 3 is 2.67 bits per heavy atom. The molecule has 3 unspecified atom stereocenters. The van der Waals surface area contributed by atoms with Crippen LogP contribution < -0.4 is 5.43 Å². The lowest BCUT2D eigenvalue weighted by Crippen LogP contribution is -2.52. The quantitative estimate of drug-likeness (QED) is 0.759. The molecule has 100 valence electrons. The summed E-state index contributed by atoms with van der Waals surface area (Å²) in [7, 11) is 0. The van der Waals surface area contributed by atoms with Crippen molar-refractivity contribution in [1.82, 2.24) is 10.3 Å². The van der Waals surface area contributed by atoms with Gasteiger partial charge in [0.2, 0.25) is 5.91 Å². The first-order valence-electron chi connectivity index (χ1n) is 6.65. The SMILES string of the molecule is CC1CC(C)C(C)N(C(=O)C2=NNC(=O)CC2)C1. The van der Waals surface area contributed by atoms with Gasteiger partial charge in [-0.15, -0.1) is 0 Å². The number of nitrogens with one attached hydrogen (secondary N) is 1. The number of rotatable bonds is 1. The topological polar surface area (TPSA) is 61.8 Å². The summed E-state index contributed by atoms with van der Waals surface area (Å²) in [5.74, 6) is 0.913. The first-order valence-corrected chi connectivity index (χ1v) is 6.65. The first-order chi connectivity index (χ1) is 8.49. The lowest BCUT2D eigenvalue weighted by atomic mass is 9.85. The molecule has 1 N–H and O–H groups in total. The van der Waals surface area contributed by atoms with Crippen molar-refractivity contribution in [2.24, 2.45) is 16.9 Å². The van der Waals surface area contributed by atoms with E-state index in [0.717, 1.165) is 13.0 Å². The van der Waals surface area contributed by atoms with E-state index in [9.17, 15) is 9.59 Å². The molecule has 0 aromatic carbocycles. The minimum absolute atomic E-state index is 0.0131. The monoisotopic (exact) mass is 251 g/mol. The fourth-order valence-corrected chi connectivity index (χ4v) is 2.78. The summed E-state index contributed by atoms with van der Waals surface area (Å²) in [6, 6.07) is 0.244. The third-order valence-electron chi connectivity index (χ3n) is 4.01. The number of hydrazone groups is 1. The Hall–Kier alpha value is -1.39. The molecule has 2 rings (SSSR count). The van der Waals surface area contributed by atoms with Gasteiger partial charge in [-0.3, -0.25) is 9.59 Å². The Morgan fingerprint density at radius 1 is 1.33 bits per heavy atom. The predicted molar refractivity (Wildman–Crippen MR) is 68.9 cm³/mol. The van der Waals surface area contributed by atoms with E-state index in [1.54, 1.807) is 0 Å². The Balaban J connectivity index is 2.10. The van der Waals surface area contributed by atoms with E-state index in [1.807, 2.05) is 4.90 Å². The Bertz CT molecular complexity index is 392. The molecule has 5 heteroatoms. The number of amides is 2. The summed E-state index contributed by atoms with van der Waals surface area (Å²) in [6.45, 7) is 7.24. The van der Waals surface area contributed by atoms with Crippen LogP contribution >= 0.6 is 0 Å². The highest BCUT2D eigenvalue weighted by Gasteiger charge is 2.34. The number of carbonyl (C=O) groups excluding carboxylic acids is 2. The highest BCUT2D eigenvalue weighted by atomic mass is 16.2. The van der Waals surface area contributed by atoms with Crippen molar-refractivity contribution in [3.05, 3.63) is 0 Å². The highest BCUT2D eigenvalue weighted by Crippen LogP contribution is 2.27. The molecule has 0 spiro atoms. The van der Waals surface area contributed by atoms with Crippen LogP contribution in [0, 0.1) is 11.8 Å². The van der Waals surface area contributed by atoms with Crippen molar-refractivity contribution < 1.29 is 9.59 Å². The fourth-order valence-electron chi connectivity index (χ4n) is 2.78. The van der Waals surface area contributed by atoms with E-state index < -0.39 is 0 Å². The first kappa shape index (κ1) is 13.1. The summed E-state index contributed by atoms with van der Waals surface area (Å²) in [5.41, 5.74) is 2.88. The number of carbonyl (C=O) groups is 2. The van der Waals surface area contributed by atoms with E-state index in [0.29, 0.717) is 30.4 Å². The Labute approximate surface area is 108 Å². The lowest BCUT2D eigenvalue weighted by molar-refractivity contribution is -0.130. The van der Waals surface area contributed by atoms with Gasteiger partial charge < -0.3 is 4.90 Å². The molecule has 0 aliphatic carbocycles. The second kappa shape index (κ2) is 5.08. The van der Waals surface area contributed by atoms with Crippen molar-refractivity contribution >= 4 is 17.5 Å². The van der Waals surface area contributed by atoms with Crippen molar-refractivity contribution in [3.63, 3.8) is 0 Å². The van der Waals surface area contributed by atoms with Gasteiger partial charge in [-0.1, -0.05) is 13.8 Å². The predicted octanol–water partition coefficient (Wildman–Crippen LogP) is 1.15. The largest absolute Gasteiger partial charge is 0.334 e. The Kier molecular flexibility index (Phi) is 3.68. The molecule has 18 heavy (non-hydrogen) atoms. The molecule has 0 radical (unpaired) electrons. The van der Waals surface area contributed by atoms with Gasteiger partial charge in [0.25, 0.3) is 5.91 Å². The van der Waals surface area contributed by atoms with Gasteiger partial charge in [0.15, 0.2) is 0 Å². The number of hydrogen-bond donors (Lipinski definition) is 1. The van der Waals surface area contributed by atoms with Crippen LogP contribution in [-0.4, -0.2) is 35.0 Å². The molecular formula is C13H21N3O2. The standard InChI is InChI=1S/C13H21N3O2/c1-8-6-9(2)10(3)16(7-8)13(18)11-4-5-12(17)15-14-11/h8-10H,4-7H2,1-3H3,(H,15,17). The lowest BCUT2D eigenvalue weighted by Gasteiger charge is -2.41. The number of hydrogen-bond acceptors (Lipinski definition) is 3. The zero-order valence-corrected chi connectivity index (χ0v) is 11.3. The maximum atomic E-state index is 12.4. The minimum atomic E-state index is -0.111. The van der Waals surface area contributed by atoms with Crippen LogP contribution in [0.1, 0.15) is 40.0 Å². The maximum Gasteiger partial charge on any atom is 0.270 e. The molecule has 0 bridgehead atoms. The molecule has 3 atom stereocenters. The summed E-state index contributed by atoms with van der Waals surface area (Å²) in [6.07, 6.45) is 1.97. The van der Waals surface area contributed by atoms with Gasteiger partial charge in [-0.25, -0.2) is 5.43 Å². The average molecular weight is 251 g/mol. The average Bonchev–Trinajstić information content (AvgIpc) is 2.34. The smallest absolute Gasteiger partial charge is 0.270 e. The zero-order valence-electron chi connectivity index (χ0n) is 11.3. The van der Waals surface area contributed by atoms with E-state index >= 15 is 0 Å². The van der Waals surface area contributed by atoms with Crippen LogP contribution in [0.5, 0.6) is 0 Å². The van der Waals surface area contributed by atoms with Crippen LogP contribution in [-0.2, 0) is 9.59 Å². The summed E-state index contributed by atoms with van der Waals surface area (Å²) >= 11 is 0. The molecule has 2 aliphatic rings. The molecule has 2 heterocycles. The maximum absolute atomic E-state index is 12.4. The normalized spacial score (nSPS) is 32.8. The van der Waals surface area contributed by atoms with Crippen LogP contribution in [0.25, 0.3) is 0 Å². The van der Waals surface area contributed by atoms with Crippen molar-refractivity contribution in [2.45, 2.75) is 46.1 Å². The zero-order chi connectivity index (χ0) is 13.3. The minimum Gasteiger partial charge on any atom is -0.334 e. The fraction of sp³-hybridized carbons (Fsp3) is 0.769. The molecule has 0 aromatic rings. The van der Waals surface area contributed by atoms with Crippen LogP contribution in [0.4, 0.5) is 0 Å². The number of likely N-dealkylation sites (tertiary alicyclic amines) is 1. The van der Waals surface area contributed by atoms with Gasteiger partial charge in [-0.05, 0) is 25.2 Å². The van der Waals surface area contributed by atoms with Crippen LogP contribution in [0.2, 0.25) is 0 Å². The van der Waals surface area contributed by atoms with Crippen LogP contribution in [0.15, 0.2) is 5.10 Å².